The van der Waals surface area contributed by atoms with Crippen molar-refractivity contribution in [2.75, 3.05) is 13.6 Å². The van der Waals surface area contributed by atoms with Crippen LogP contribution in [0.15, 0.2) is 18.2 Å². The van der Waals surface area contributed by atoms with E-state index in [2.05, 4.69) is 15.3 Å². The van der Waals surface area contributed by atoms with Gasteiger partial charge in [0.2, 0.25) is 0 Å². The third kappa shape index (κ3) is 3.94. The highest BCUT2D eigenvalue weighted by atomic mass is 35.5. The number of halogens is 2. The van der Waals surface area contributed by atoms with Crippen LogP contribution in [-0.4, -0.2) is 23.6 Å². The summed E-state index contributed by atoms with van der Waals surface area (Å²) in [7, 11) is 1.94. The summed E-state index contributed by atoms with van der Waals surface area (Å²) < 4.78 is 0. The molecule has 0 aliphatic carbocycles. The largest absolute Gasteiger partial charge is 0.319 e. The molecule has 1 N–H and O–H groups in total. The van der Waals surface area contributed by atoms with E-state index in [9.17, 15) is 0 Å². The highest BCUT2D eigenvalue weighted by Gasteiger charge is 2.12. The molecule has 0 saturated heterocycles. The molecule has 0 unspecified atom stereocenters. The van der Waals surface area contributed by atoms with Crippen LogP contribution in [0, 0.1) is 13.8 Å². The Morgan fingerprint density at radius 2 is 1.57 bits per heavy atom. The second kappa shape index (κ2) is 7.21. The van der Waals surface area contributed by atoms with Crippen LogP contribution in [-0.2, 0) is 12.8 Å². The Hall–Kier alpha value is -1.16. The summed E-state index contributed by atoms with van der Waals surface area (Å²) >= 11 is 12.4. The number of benzene rings is 1. The van der Waals surface area contributed by atoms with E-state index >= 15 is 0 Å². The summed E-state index contributed by atoms with van der Waals surface area (Å²) in [6.45, 7) is 4.97. The van der Waals surface area contributed by atoms with Crippen LogP contribution >= 0.6 is 23.2 Å². The van der Waals surface area contributed by atoms with Gasteiger partial charge in [-0.3, -0.25) is 0 Å². The minimum Gasteiger partial charge on any atom is -0.319 e. The minimum atomic E-state index is 0.548. The average Bonchev–Trinajstić information content (AvgIpc) is 2.42. The van der Waals surface area contributed by atoms with Crippen molar-refractivity contribution >= 4 is 23.2 Å². The molecule has 21 heavy (non-hydrogen) atoms. The van der Waals surface area contributed by atoms with Gasteiger partial charge in [-0.15, -0.1) is 0 Å². The number of hydrogen-bond donors (Lipinski definition) is 1. The smallest absolute Gasteiger partial charge is 0.133 e. The summed E-state index contributed by atoms with van der Waals surface area (Å²) in [6.07, 6.45) is 1.48. The second-order valence-electron chi connectivity index (χ2n) is 5.02. The molecule has 1 heterocycles. The fourth-order valence-electron chi connectivity index (χ4n) is 2.36. The summed E-state index contributed by atoms with van der Waals surface area (Å²) in [5.74, 6) is 0.758. The van der Waals surface area contributed by atoms with E-state index in [1.54, 1.807) is 0 Å². The van der Waals surface area contributed by atoms with Gasteiger partial charge in [0.25, 0.3) is 0 Å². The minimum absolute atomic E-state index is 0.548. The Morgan fingerprint density at radius 1 is 1.00 bits per heavy atom. The first kappa shape index (κ1) is 16.2. The van der Waals surface area contributed by atoms with E-state index in [4.69, 9.17) is 23.2 Å². The van der Waals surface area contributed by atoms with Gasteiger partial charge in [-0.25, -0.2) is 9.97 Å². The van der Waals surface area contributed by atoms with Gasteiger partial charge in [0, 0.05) is 27.9 Å². The third-order valence-corrected chi connectivity index (χ3v) is 4.20. The van der Waals surface area contributed by atoms with Crippen molar-refractivity contribution in [3.8, 4) is 0 Å². The molecule has 2 aromatic rings. The van der Waals surface area contributed by atoms with E-state index in [0.717, 1.165) is 35.7 Å². The van der Waals surface area contributed by atoms with Crippen molar-refractivity contribution in [3.05, 3.63) is 56.6 Å². The molecule has 0 bridgehead atoms. The van der Waals surface area contributed by atoms with Gasteiger partial charge in [0.05, 0.1) is 0 Å². The molecule has 1 aromatic heterocycles. The monoisotopic (exact) mass is 323 g/mol. The Kier molecular flexibility index (Phi) is 5.57. The molecular formula is C16H19Cl2N3. The molecule has 0 spiro atoms. The topological polar surface area (TPSA) is 37.8 Å². The molecule has 112 valence electrons. The van der Waals surface area contributed by atoms with Gasteiger partial charge in [-0.05, 0) is 57.1 Å². The first-order valence-corrected chi connectivity index (χ1v) is 7.69. The molecule has 0 atom stereocenters. The predicted octanol–water partition coefficient (Wildman–Crippen LogP) is 3.75. The molecule has 0 aliphatic rings. The molecule has 5 heteroatoms. The van der Waals surface area contributed by atoms with Crippen molar-refractivity contribution in [2.45, 2.75) is 26.7 Å². The van der Waals surface area contributed by atoms with Crippen LogP contribution in [0.4, 0.5) is 0 Å². The maximum Gasteiger partial charge on any atom is 0.133 e. The molecule has 1 aromatic carbocycles. The van der Waals surface area contributed by atoms with Crippen molar-refractivity contribution in [1.29, 1.82) is 0 Å². The fraction of sp³-hybridized carbons (Fsp3) is 0.375. The highest BCUT2D eigenvalue weighted by Crippen LogP contribution is 2.26. The molecule has 0 radical (unpaired) electrons. The number of hydrogen-bond acceptors (Lipinski definition) is 3. The maximum atomic E-state index is 6.21. The molecule has 0 aliphatic heterocycles. The lowest BCUT2D eigenvalue weighted by atomic mass is 10.1. The third-order valence-electron chi connectivity index (χ3n) is 3.49. The molecule has 3 nitrogen and oxygen atoms in total. The average molecular weight is 324 g/mol. The van der Waals surface area contributed by atoms with Gasteiger partial charge >= 0.3 is 0 Å². The van der Waals surface area contributed by atoms with Crippen molar-refractivity contribution < 1.29 is 0 Å². The van der Waals surface area contributed by atoms with Crippen LogP contribution < -0.4 is 5.32 Å². The number of rotatable bonds is 5. The van der Waals surface area contributed by atoms with E-state index in [-0.39, 0.29) is 0 Å². The van der Waals surface area contributed by atoms with Crippen molar-refractivity contribution in [1.82, 2.24) is 15.3 Å². The number of aromatic nitrogens is 2. The quantitative estimate of drug-likeness (QED) is 0.910. The van der Waals surface area contributed by atoms with Gasteiger partial charge in [0.1, 0.15) is 5.82 Å². The van der Waals surface area contributed by atoms with Crippen LogP contribution in [0.5, 0.6) is 0 Å². The first-order chi connectivity index (χ1) is 10.0. The molecule has 0 fully saturated rings. The number of nitrogens with zero attached hydrogens (tertiary/aromatic N) is 2. The lowest BCUT2D eigenvalue weighted by Gasteiger charge is -2.12. The van der Waals surface area contributed by atoms with Gasteiger partial charge in [-0.1, -0.05) is 29.3 Å². The Balaban J connectivity index is 2.30. The normalized spacial score (nSPS) is 10.9. The van der Waals surface area contributed by atoms with Crippen LogP contribution in [0.2, 0.25) is 10.0 Å². The van der Waals surface area contributed by atoms with Gasteiger partial charge in [0.15, 0.2) is 0 Å². The molecule has 0 saturated carbocycles. The summed E-state index contributed by atoms with van der Waals surface area (Å²) in [5, 5.41) is 4.46. The van der Waals surface area contributed by atoms with Crippen LogP contribution in [0.1, 0.15) is 28.3 Å². The standard InChI is InChI=1S/C16H19Cl2N3/c1-10-12(7-8-19-3)11(2)21-16(20-10)9-13-14(17)5-4-6-15(13)18/h4-6,19H,7-9H2,1-3H3. The van der Waals surface area contributed by atoms with E-state index in [1.165, 1.54) is 5.56 Å². The summed E-state index contributed by atoms with van der Waals surface area (Å²) in [4.78, 5) is 9.22. The van der Waals surface area contributed by atoms with Crippen molar-refractivity contribution in [3.63, 3.8) is 0 Å². The first-order valence-electron chi connectivity index (χ1n) is 6.93. The fourth-order valence-corrected chi connectivity index (χ4v) is 2.89. The zero-order valence-electron chi connectivity index (χ0n) is 12.5. The highest BCUT2D eigenvalue weighted by molar-refractivity contribution is 6.36. The van der Waals surface area contributed by atoms with Crippen molar-refractivity contribution in [2.24, 2.45) is 0 Å². The lowest BCUT2D eigenvalue weighted by Crippen LogP contribution is -2.14. The zero-order chi connectivity index (χ0) is 15.4. The van der Waals surface area contributed by atoms with Crippen LogP contribution in [0.3, 0.4) is 0 Å². The van der Waals surface area contributed by atoms with E-state index in [0.29, 0.717) is 16.5 Å². The maximum absolute atomic E-state index is 6.21. The number of aryl methyl sites for hydroxylation is 2. The van der Waals surface area contributed by atoms with Gasteiger partial charge in [-0.2, -0.15) is 0 Å². The van der Waals surface area contributed by atoms with Crippen LogP contribution in [0.25, 0.3) is 0 Å². The molecular weight excluding hydrogens is 305 g/mol. The SMILES string of the molecule is CNCCc1c(C)nc(Cc2c(Cl)cccc2Cl)nc1C. The number of likely N-dealkylation sites (N-methyl/N-ethyl adjacent to an activating group) is 1. The van der Waals surface area contributed by atoms with Gasteiger partial charge < -0.3 is 5.32 Å². The Morgan fingerprint density at radius 3 is 2.10 bits per heavy atom. The summed E-state index contributed by atoms with van der Waals surface area (Å²) in [6, 6.07) is 5.51. The lowest BCUT2D eigenvalue weighted by molar-refractivity contribution is 0.766. The molecule has 2 rings (SSSR count). The predicted molar refractivity (Wildman–Crippen MR) is 88.4 cm³/mol. The zero-order valence-corrected chi connectivity index (χ0v) is 14.0. The molecule has 0 amide bonds. The second-order valence-corrected chi connectivity index (χ2v) is 5.83. The van der Waals surface area contributed by atoms with E-state index in [1.807, 2.05) is 39.1 Å². The summed E-state index contributed by atoms with van der Waals surface area (Å²) in [5.41, 5.74) is 4.13. The van der Waals surface area contributed by atoms with E-state index < -0.39 is 0 Å². The Bertz CT molecular complexity index is 598. The number of nitrogens with one attached hydrogen (secondary N) is 1. The Labute approximate surface area is 135 Å².